The molecule has 2 rings (SSSR count). The lowest BCUT2D eigenvalue weighted by Gasteiger charge is -2.42. The molecule has 0 aromatic rings. The van der Waals surface area contributed by atoms with Crippen molar-refractivity contribution in [3.8, 4) is 0 Å². The molecule has 4 unspecified atom stereocenters. The van der Waals surface area contributed by atoms with E-state index >= 15 is 0 Å². The van der Waals surface area contributed by atoms with Crippen LogP contribution >= 0.6 is 0 Å². The molecule has 1 saturated carbocycles. The molecule has 0 aromatic heterocycles. The molecule has 1 saturated heterocycles. The molecule has 0 bridgehead atoms. The number of hydrogen-bond acceptors (Lipinski definition) is 4. The van der Waals surface area contributed by atoms with Crippen molar-refractivity contribution in [3.63, 3.8) is 0 Å². The van der Waals surface area contributed by atoms with E-state index in [-0.39, 0.29) is 12.1 Å². The summed E-state index contributed by atoms with van der Waals surface area (Å²) < 4.78 is 5.73. The van der Waals surface area contributed by atoms with Gasteiger partial charge in [-0.2, -0.15) is 0 Å². The molecule has 17 heavy (non-hydrogen) atoms. The van der Waals surface area contributed by atoms with Gasteiger partial charge in [-0.1, -0.05) is 6.92 Å². The van der Waals surface area contributed by atoms with Crippen LogP contribution < -0.4 is 5.73 Å². The minimum atomic E-state index is -0.343. The first-order valence-electron chi connectivity index (χ1n) is 6.85. The van der Waals surface area contributed by atoms with Crippen LogP contribution in [0.3, 0.4) is 0 Å². The Bertz CT molecular complexity index is 262. The molecule has 100 valence electrons. The summed E-state index contributed by atoms with van der Waals surface area (Å²) in [6, 6.07) is 1.06. The van der Waals surface area contributed by atoms with Gasteiger partial charge in [-0.3, -0.25) is 4.90 Å². The van der Waals surface area contributed by atoms with Crippen molar-refractivity contribution >= 4 is 0 Å². The molecular formula is C13H26N2O2. The molecule has 2 aliphatic rings. The van der Waals surface area contributed by atoms with E-state index in [1.807, 2.05) is 0 Å². The van der Waals surface area contributed by atoms with Crippen LogP contribution in [0.15, 0.2) is 0 Å². The van der Waals surface area contributed by atoms with Gasteiger partial charge in [0.25, 0.3) is 0 Å². The van der Waals surface area contributed by atoms with Crippen molar-refractivity contribution in [3.05, 3.63) is 0 Å². The monoisotopic (exact) mass is 242 g/mol. The summed E-state index contributed by atoms with van der Waals surface area (Å²) in [4.78, 5) is 2.57. The van der Waals surface area contributed by atoms with Crippen molar-refractivity contribution in [1.82, 2.24) is 4.90 Å². The fourth-order valence-corrected chi connectivity index (χ4v) is 3.22. The van der Waals surface area contributed by atoms with Crippen molar-refractivity contribution in [1.29, 1.82) is 0 Å². The molecule has 1 heterocycles. The minimum absolute atomic E-state index is 0.111. The van der Waals surface area contributed by atoms with Crippen LogP contribution in [0, 0.1) is 0 Å². The molecule has 0 spiro atoms. The summed E-state index contributed by atoms with van der Waals surface area (Å²) in [5.41, 5.74) is 5.83. The third kappa shape index (κ3) is 2.81. The van der Waals surface area contributed by atoms with E-state index in [1.165, 1.54) is 0 Å². The van der Waals surface area contributed by atoms with Crippen molar-refractivity contribution in [2.45, 2.75) is 63.3 Å². The number of aliphatic hydroxyl groups is 1. The second-order valence-corrected chi connectivity index (χ2v) is 5.82. The van der Waals surface area contributed by atoms with Crippen molar-refractivity contribution in [2.75, 3.05) is 19.8 Å². The fraction of sp³-hybridized carbons (Fsp3) is 1.00. The first-order chi connectivity index (χ1) is 8.08. The molecule has 0 radical (unpaired) electrons. The van der Waals surface area contributed by atoms with E-state index in [0.29, 0.717) is 18.2 Å². The zero-order chi connectivity index (χ0) is 12.5. The Kier molecular flexibility index (Phi) is 4.08. The Balaban J connectivity index is 2.00. The Labute approximate surface area is 104 Å². The van der Waals surface area contributed by atoms with Gasteiger partial charge in [0, 0.05) is 24.2 Å². The number of ether oxygens (including phenoxy) is 1. The smallest absolute Gasteiger partial charge is 0.0674 e. The number of nitrogens with zero attached hydrogens (tertiary/aromatic N) is 1. The zero-order valence-corrected chi connectivity index (χ0v) is 11.1. The quantitative estimate of drug-likeness (QED) is 0.766. The van der Waals surface area contributed by atoms with Crippen LogP contribution in [0.5, 0.6) is 0 Å². The summed E-state index contributed by atoms with van der Waals surface area (Å²) in [6.07, 6.45) is 4.42. The number of rotatable bonds is 3. The van der Waals surface area contributed by atoms with E-state index in [4.69, 9.17) is 10.5 Å². The largest absolute Gasteiger partial charge is 0.394 e. The predicted molar refractivity (Wildman–Crippen MR) is 67.8 cm³/mol. The van der Waals surface area contributed by atoms with Gasteiger partial charge in [0.05, 0.1) is 19.3 Å². The molecule has 4 heteroatoms. The first kappa shape index (κ1) is 13.3. The molecule has 4 atom stereocenters. The molecule has 1 aliphatic heterocycles. The highest BCUT2D eigenvalue weighted by Crippen LogP contribution is 2.33. The Morgan fingerprint density at radius 1 is 1.53 bits per heavy atom. The lowest BCUT2D eigenvalue weighted by atomic mass is 9.99. The van der Waals surface area contributed by atoms with E-state index in [2.05, 4.69) is 18.7 Å². The summed E-state index contributed by atoms with van der Waals surface area (Å²) in [7, 11) is 0. The number of aliphatic hydroxyl groups excluding tert-OH is 1. The van der Waals surface area contributed by atoms with E-state index in [1.54, 1.807) is 0 Å². The summed E-state index contributed by atoms with van der Waals surface area (Å²) in [5, 5.41) is 9.35. The fourth-order valence-electron chi connectivity index (χ4n) is 3.22. The molecule has 3 N–H and O–H groups in total. The van der Waals surface area contributed by atoms with Gasteiger partial charge in [-0.05, 0) is 32.6 Å². The van der Waals surface area contributed by atoms with Gasteiger partial charge < -0.3 is 15.6 Å². The zero-order valence-electron chi connectivity index (χ0n) is 11.1. The standard InChI is InChI=1S/C13H26N2O2/c1-3-11-8-17-10(2)7-15(11)12-4-5-13(14,6-12)9-16/h10-12,16H,3-9,14H2,1-2H3. The topological polar surface area (TPSA) is 58.7 Å². The van der Waals surface area contributed by atoms with Crippen LogP contribution in [-0.4, -0.2) is 53.5 Å². The van der Waals surface area contributed by atoms with Gasteiger partial charge in [0.1, 0.15) is 0 Å². The normalized spacial score (nSPS) is 44.1. The lowest BCUT2D eigenvalue weighted by Crippen LogP contribution is -2.53. The molecule has 1 aliphatic carbocycles. The maximum Gasteiger partial charge on any atom is 0.0674 e. The Morgan fingerprint density at radius 3 is 2.88 bits per heavy atom. The van der Waals surface area contributed by atoms with Crippen LogP contribution in [0.1, 0.15) is 39.5 Å². The molecule has 2 fully saturated rings. The van der Waals surface area contributed by atoms with Gasteiger partial charge in [-0.25, -0.2) is 0 Å². The Hall–Kier alpha value is -0.160. The number of nitrogens with two attached hydrogens (primary N) is 1. The minimum Gasteiger partial charge on any atom is -0.394 e. The second kappa shape index (κ2) is 5.22. The maximum absolute atomic E-state index is 9.35. The maximum atomic E-state index is 9.35. The third-order valence-electron chi connectivity index (χ3n) is 4.38. The van der Waals surface area contributed by atoms with Crippen LogP contribution in [0.25, 0.3) is 0 Å². The molecule has 0 aromatic carbocycles. The number of morpholine rings is 1. The Morgan fingerprint density at radius 2 is 2.29 bits per heavy atom. The van der Waals surface area contributed by atoms with E-state index < -0.39 is 0 Å². The lowest BCUT2D eigenvalue weighted by molar-refractivity contribution is -0.0724. The van der Waals surface area contributed by atoms with Gasteiger partial charge in [0.15, 0.2) is 0 Å². The number of hydrogen-bond donors (Lipinski definition) is 2. The van der Waals surface area contributed by atoms with E-state index in [0.717, 1.165) is 38.8 Å². The second-order valence-electron chi connectivity index (χ2n) is 5.82. The van der Waals surface area contributed by atoms with Gasteiger partial charge in [-0.15, -0.1) is 0 Å². The van der Waals surface area contributed by atoms with Gasteiger partial charge >= 0.3 is 0 Å². The molecule has 0 amide bonds. The van der Waals surface area contributed by atoms with Crippen molar-refractivity contribution < 1.29 is 9.84 Å². The van der Waals surface area contributed by atoms with Crippen LogP contribution in [-0.2, 0) is 4.74 Å². The van der Waals surface area contributed by atoms with Gasteiger partial charge in [0.2, 0.25) is 0 Å². The predicted octanol–water partition coefficient (Wildman–Crippen LogP) is 0.728. The SMILES string of the molecule is CCC1COC(C)CN1C1CCC(N)(CO)C1. The summed E-state index contributed by atoms with van der Waals surface area (Å²) >= 11 is 0. The summed E-state index contributed by atoms with van der Waals surface area (Å²) in [5.74, 6) is 0. The highest BCUT2D eigenvalue weighted by atomic mass is 16.5. The average molecular weight is 242 g/mol. The highest BCUT2D eigenvalue weighted by molar-refractivity contribution is 4.99. The average Bonchev–Trinajstić information content (AvgIpc) is 2.73. The van der Waals surface area contributed by atoms with Crippen LogP contribution in [0.2, 0.25) is 0 Å². The van der Waals surface area contributed by atoms with Crippen molar-refractivity contribution in [2.24, 2.45) is 5.73 Å². The highest BCUT2D eigenvalue weighted by Gasteiger charge is 2.41. The van der Waals surface area contributed by atoms with Crippen LogP contribution in [0.4, 0.5) is 0 Å². The third-order valence-corrected chi connectivity index (χ3v) is 4.38. The summed E-state index contributed by atoms with van der Waals surface area (Å²) in [6.45, 7) is 6.30. The van der Waals surface area contributed by atoms with E-state index in [9.17, 15) is 5.11 Å². The molecular weight excluding hydrogens is 216 g/mol. The first-order valence-corrected chi connectivity index (χ1v) is 6.85. The molecule has 4 nitrogen and oxygen atoms in total.